The van der Waals surface area contributed by atoms with Crippen LogP contribution in [0.5, 0.6) is 0 Å². The molecule has 88 valence electrons. The van der Waals surface area contributed by atoms with Crippen LogP contribution >= 0.6 is 11.8 Å². The van der Waals surface area contributed by atoms with Gasteiger partial charge in [-0.2, -0.15) is 0 Å². The Morgan fingerprint density at radius 1 is 1.06 bits per heavy atom. The summed E-state index contributed by atoms with van der Waals surface area (Å²) in [6.45, 7) is 0. The van der Waals surface area contributed by atoms with Gasteiger partial charge in [-0.05, 0) is 24.1 Å². The molecule has 1 aromatic carbocycles. The zero-order chi connectivity index (χ0) is 11.9. The Bertz CT molecular complexity index is 432. The molecule has 0 spiro atoms. The summed E-state index contributed by atoms with van der Waals surface area (Å²) < 4.78 is 0. The molecule has 0 bridgehead atoms. The van der Waals surface area contributed by atoms with Crippen molar-refractivity contribution in [1.29, 1.82) is 0 Å². The first-order valence-electron chi connectivity index (χ1n) is 5.63. The van der Waals surface area contributed by atoms with E-state index in [9.17, 15) is 5.11 Å². The molecule has 1 N–H and O–H groups in total. The van der Waals surface area contributed by atoms with Gasteiger partial charge in [0, 0.05) is 11.9 Å². The number of rotatable bonds is 5. The van der Waals surface area contributed by atoms with Crippen LogP contribution in [0.25, 0.3) is 0 Å². The zero-order valence-corrected chi connectivity index (χ0v) is 10.3. The highest BCUT2D eigenvalue weighted by atomic mass is 32.2. The van der Waals surface area contributed by atoms with E-state index in [1.54, 1.807) is 18.0 Å². The molecule has 1 heterocycles. The minimum atomic E-state index is -0.382. The summed E-state index contributed by atoms with van der Waals surface area (Å²) in [5.41, 5.74) is 0.981. The maximum atomic E-state index is 9.96. The molecule has 0 fully saturated rings. The molecule has 1 atom stereocenters. The van der Waals surface area contributed by atoms with E-state index in [1.807, 2.05) is 48.5 Å². The summed E-state index contributed by atoms with van der Waals surface area (Å²) in [7, 11) is 0. The third-order valence-corrected chi connectivity index (χ3v) is 3.44. The van der Waals surface area contributed by atoms with Crippen molar-refractivity contribution in [2.75, 3.05) is 5.75 Å². The van der Waals surface area contributed by atoms with Crippen LogP contribution in [0, 0.1) is 0 Å². The van der Waals surface area contributed by atoms with Crippen molar-refractivity contribution in [3.05, 3.63) is 60.3 Å². The molecule has 0 radical (unpaired) electrons. The zero-order valence-electron chi connectivity index (χ0n) is 9.49. The van der Waals surface area contributed by atoms with Crippen molar-refractivity contribution in [3.8, 4) is 0 Å². The molecule has 0 aliphatic heterocycles. The molecule has 0 unspecified atom stereocenters. The minimum Gasteiger partial charge on any atom is -0.388 e. The van der Waals surface area contributed by atoms with Gasteiger partial charge in [0.15, 0.2) is 0 Å². The Kier molecular flexibility index (Phi) is 4.59. The predicted molar refractivity (Wildman–Crippen MR) is 71.0 cm³/mol. The lowest BCUT2D eigenvalue weighted by Crippen LogP contribution is -1.98. The van der Waals surface area contributed by atoms with E-state index in [0.29, 0.717) is 0 Å². The summed E-state index contributed by atoms with van der Waals surface area (Å²) in [6, 6.07) is 15.6. The lowest BCUT2D eigenvalue weighted by Gasteiger charge is -2.09. The normalized spacial score (nSPS) is 12.3. The molecule has 0 aliphatic carbocycles. The fourth-order valence-corrected chi connectivity index (χ4v) is 2.41. The highest BCUT2D eigenvalue weighted by Gasteiger charge is 2.06. The van der Waals surface area contributed by atoms with Gasteiger partial charge in [-0.25, -0.2) is 4.98 Å². The third-order valence-electron chi connectivity index (χ3n) is 2.46. The number of pyridine rings is 1. The molecule has 2 aromatic rings. The Morgan fingerprint density at radius 3 is 2.53 bits per heavy atom. The summed E-state index contributed by atoms with van der Waals surface area (Å²) in [5, 5.41) is 11.0. The number of aromatic nitrogens is 1. The Balaban J connectivity index is 1.79. The lowest BCUT2D eigenvalue weighted by molar-refractivity contribution is 0.175. The van der Waals surface area contributed by atoms with Crippen LogP contribution in [0.2, 0.25) is 0 Å². The van der Waals surface area contributed by atoms with Crippen LogP contribution < -0.4 is 0 Å². The van der Waals surface area contributed by atoms with Gasteiger partial charge in [0.25, 0.3) is 0 Å². The summed E-state index contributed by atoms with van der Waals surface area (Å²) >= 11 is 1.67. The van der Waals surface area contributed by atoms with Crippen LogP contribution in [0.1, 0.15) is 18.1 Å². The smallest absolute Gasteiger partial charge is 0.0959 e. The number of hydrogen-bond donors (Lipinski definition) is 1. The average molecular weight is 245 g/mol. The van der Waals surface area contributed by atoms with Gasteiger partial charge >= 0.3 is 0 Å². The minimum absolute atomic E-state index is 0.382. The van der Waals surface area contributed by atoms with Gasteiger partial charge in [0.2, 0.25) is 0 Å². The van der Waals surface area contributed by atoms with Crippen molar-refractivity contribution >= 4 is 11.8 Å². The van der Waals surface area contributed by atoms with Gasteiger partial charge in [0.1, 0.15) is 0 Å². The van der Waals surface area contributed by atoms with Crippen molar-refractivity contribution in [1.82, 2.24) is 4.98 Å². The second-order valence-corrected chi connectivity index (χ2v) is 4.85. The molecular weight excluding hydrogens is 230 g/mol. The molecule has 0 saturated carbocycles. The molecule has 0 aliphatic rings. The fraction of sp³-hybridized carbons (Fsp3) is 0.214. The first kappa shape index (κ1) is 12.1. The van der Waals surface area contributed by atoms with Gasteiger partial charge in [-0.1, -0.05) is 36.4 Å². The maximum absolute atomic E-state index is 9.96. The van der Waals surface area contributed by atoms with Crippen LogP contribution in [-0.2, 0) is 0 Å². The highest BCUT2D eigenvalue weighted by molar-refractivity contribution is 7.99. The van der Waals surface area contributed by atoms with E-state index in [0.717, 1.165) is 22.8 Å². The number of benzene rings is 1. The fourth-order valence-electron chi connectivity index (χ4n) is 1.55. The first-order valence-corrected chi connectivity index (χ1v) is 6.61. The summed E-state index contributed by atoms with van der Waals surface area (Å²) in [4.78, 5) is 4.23. The van der Waals surface area contributed by atoms with Crippen molar-refractivity contribution < 1.29 is 5.11 Å². The second kappa shape index (κ2) is 6.42. The largest absolute Gasteiger partial charge is 0.388 e. The highest BCUT2D eigenvalue weighted by Crippen LogP contribution is 2.21. The molecule has 0 saturated heterocycles. The summed E-state index contributed by atoms with van der Waals surface area (Å²) in [6.07, 6.45) is 2.15. The van der Waals surface area contributed by atoms with Crippen LogP contribution in [-0.4, -0.2) is 15.8 Å². The average Bonchev–Trinajstić information content (AvgIpc) is 2.41. The SMILES string of the molecule is O[C@@H](CCSc1ccccn1)c1ccccc1. The van der Waals surface area contributed by atoms with Gasteiger partial charge < -0.3 is 5.11 Å². The van der Waals surface area contributed by atoms with Crippen LogP contribution in [0.3, 0.4) is 0 Å². The second-order valence-electron chi connectivity index (χ2n) is 3.73. The van der Waals surface area contributed by atoms with Crippen LogP contribution in [0.15, 0.2) is 59.8 Å². The molecular formula is C14H15NOS. The number of nitrogens with zero attached hydrogens (tertiary/aromatic N) is 1. The lowest BCUT2D eigenvalue weighted by atomic mass is 10.1. The molecule has 0 amide bonds. The van der Waals surface area contributed by atoms with Crippen molar-refractivity contribution in [2.45, 2.75) is 17.6 Å². The predicted octanol–water partition coefficient (Wildman–Crippen LogP) is 3.30. The quantitative estimate of drug-likeness (QED) is 0.820. The molecule has 3 heteroatoms. The number of aliphatic hydroxyl groups is 1. The molecule has 2 rings (SSSR count). The molecule has 1 aromatic heterocycles. The maximum Gasteiger partial charge on any atom is 0.0959 e. The van der Waals surface area contributed by atoms with Gasteiger partial charge in [-0.15, -0.1) is 11.8 Å². The van der Waals surface area contributed by atoms with E-state index >= 15 is 0 Å². The molecule has 17 heavy (non-hydrogen) atoms. The Hall–Kier alpha value is -1.32. The van der Waals surface area contributed by atoms with E-state index in [-0.39, 0.29) is 6.10 Å². The topological polar surface area (TPSA) is 33.1 Å². The van der Waals surface area contributed by atoms with E-state index in [1.165, 1.54) is 0 Å². The first-order chi connectivity index (χ1) is 8.36. The number of aliphatic hydroxyl groups excluding tert-OH is 1. The van der Waals surface area contributed by atoms with E-state index in [2.05, 4.69) is 4.98 Å². The van der Waals surface area contributed by atoms with E-state index < -0.39 is 0 Å². The number of hydrogen-bond acceptors (Lipinski definition) is 3. The van der Waals surface area contributed by atoms with Crippen molar-refractivity contribution in [2.24, 2.45) is 0 Å². The third kappa shape index (κ3) is 3.88. The standard InChI is InChI=1S/C14H15NOS/c16-13(12-6-2-1-3-7-12)9-11-17-14-8-4-5-10-15-14/h1-8,10,13,16H,9,11H2/t13-/m0/s1. The molecule has 2 nitrogen and oxygen atoms in total. The van der Waals surface area contributed by atoms with Gasteiger partial charge in [-0.3, -0.25) is 0 Å². The van der Waals surface area contributed by atoms with E-state index in [4.69, 9.17) is 0 Å². The number of thioether (sulfide) groups is 1. The summed E-state index contributed by atoms with van der Waals surface area (Å²) in [5.74, 6) is 0.868. The Morgan fingerprint density at radius 2 is 1.82 bits per heavy atom. The van der Waals surface area contributed by atoms with Crippen molar-refractivity contribution in [3.63, 3.8) is 0 Å². The Labute approximate surface area is 106 Å². The van der Waals surface area contributed by atoms with Crippen LogP contribution in [0.4, 0.5) is 0 Å². The monoisotopic (exact) mass is 245 g/mol. The van der Waals surface area contributed by atoms with Gasteiger partial charge in [0.05, 0.1) is 11.1 Å².